The fourth-order valence-corrected chi connectivity index (χ4v) is 1.72. The van der Waals surface area contributed by atoms with Gasteiger partial charge in [0.1, 0.15) is 5.78 Å². The molecular weight excluding hydrogens is 233 g/mol. The summed E-state index contributed by atoms with van der Waals surface area (Å²) < 4.78 is 0. The second kappa shape index (κ2) is 5.16. The minimum atomic E-state index is -0.520. The van der Waals surface area contributed by atoms with Crippen LogP contribution >= 0.6 is 23.2 Å². The Morgan fingerprint density at radius 1 is 1.53 bits per heavy atom. The van der Waals surface area contributed by atoms with E-state index in [2.05, 4.69) is 6.07 Å². The number of hydrogen-bond donors (Lipinski definition) is 0. The summed E-state index contributed by atoms with van der Waals surface area (Å²) in [4.78, 5) is 11.0. The zero-order valence-electron chi connectivity index (χ0n) is 8.13. The Bertz CT molecular complexity index is 423. The van der Waals surface area contributed by atoms with Crippen LogP contribution in [0.3, 0.4) is 0 Å². The molecule has 0 aromatic heterocycles. The van der Waals surface area contributed by atoms with Crippen molar-refractivity contribution in [3.63, 3.8) is 0 Å². The van der Waals surface area contributed by atoms with Gasteiger partial charge in [0.15, 0.2) is 0 Å². The van der Waals surface area contributed by atoms with Crippen molar-refractivity contribution >= 4 is 29.0 Å². The molecule has 0 aliphatic heterocycles. The average molecular weight is 242 g/mol. The van der Waals surface area contributed by atoms with E-state index in [0.29, 0.717) is 15.6 Å². The van der Waals surface area contributed by atoms with Crippen LogP contribution in [0.25, 0.3) is 0 Å². The summed E-state index contributed by atoms with van der Waals surface area (Å²) in [7, 11) is 0. The quantitative estimate of drug-likeness (QED) is 0.812. The van der Waals surface area contributed by atoms with Crippen molar-refractivity contribution in [2.45, 2.75) is 19.3 Å². The van der Waals surface area contributed by atoms with Crippen LogP contribution in [0.15, 0.2) is 18.2 Å². The molecule has 0 spiro atoms. The van der Waals surface area contributed by atoms with Crippen molar-refractivity contribution in [1.82, 2.24) is 0 Å². The number of carbonyl (C=O) groups is 1. The summed E-state index contributed by atoms with van der Waals surface area (Å²) in [5, 5.41) is 9.92. The topological polar surface area (TPSA) is 40.9 Å². The summed E-state index contributed by atoms with van der Waals surface area (Å²) in [6.45, 7) is 1.45. The average Bonchev–Trinajstić information content (AvgIpc) is 2.18. The zero-order chi connectivity index (χ0) is 11.4. The Morgan fingerprint density at radius 2 is 2.20 bits per heavy atom. The molecule has 0 bridgehead atoms. The normalized spacial score (nSPS) is 11.9. The van der Waals surface area contributed by atoms with Gasteiger partial charge in [-0.2, -0.15) is 5.26 Å². The maximum atomic E-state index is 11.0. The largest absolute Gasteiger partial charge is 0.300 e. The van der Waals surface area contributed by atoms with E-state index >= 15 is 0 Å². The molecule has 0 radical (unpaired) electrons. The van der Waals surface area contributed by atoms with Crippen LogP contribution in [0.1, 0.15) is 24.8 Å². The SMILES string of the molecule is CC(=O)CC(C#N)c1cc(Cl)ccc1Cl. The van der Waals surface area contributed by atoms with Crippen LogP contribution < -0.4 is 0 Å². The van der Waals surface area contributed by atoms with Crippen molar-refractivity contribution in [2.24, 2.45) is 0 Å². The lowest BCUT2D eigenvalue weighted by molar-refractivity contribution is -0.117. The lowest BCUT2D eigenvalue weighted by Gasteiger charge is -2.09. The molecule has 78 valence electrons. The van der Waals surface area contributed by atoms with Gasteiger partial charge in [0.25, 0.3) is 0 Å². The van der Waals surface area contributed by atoms with Crippen LogP contribution in [0, 0.1) is 11.3 Å². The van der Waals surface area contributed by atoms with Crippen molar-refractivity contribution in [3.8, 4) is 6.07 Å². The Kier molecular flexibility index (Phi) is 4.14. The monoisotopic (exact) mass is 241 g/mol. The predicted octanol–water partition coefficient (Wildman–Crippen LogP) is 3.58. The van der Waals surface area contributed by atoms with Gasteiger partial charge < -0.3 is 0 Å². The Hall–Kier alpha value is -1.04. The number of carbonyl (C=O) groups excluding carboxylic acids is 1. The van der Waals surface area contributed by atoms with Gasteiger partial charge in [-0.3, -0.25) is 4.79 Å². The van der Waals surface area contributed by atoms with Crippen molar-refractivity contribution in [3.05, 3.63) is 33.8 Å². The molecule has 1 unspecified atom stereocenters. The van der Waals surface area contributed by atoms with Crippen LogP contribution in [0.4, 0.5) is 0 Å². The molecule has 1 rings (SSSR count). The summed E-state index contributed by atoms with van der Waals surface area (Å²) in [5.41, 5.74) is 0.613. The van der Waals surface area contributed by atoms with Crippen LogP contribution in [-0.4, -0.2) is 5.78 Å². The van der Waals surface area contributed by atoms with E-state index in [1.807, 2.05) is 0 Å². The maximum Gasteiger partial charge on any atom is 0.131 e. The number of benzene rings is 1. The van der Waals surface area contributed by atoms with Crippen molar-refractivity contribution in [2.75, 3.05) is 0 Å². The molecule has 15 heavy (non-hydrogen) atoms. The van der Waals surface area contributed by atoms with Gasteiger partial charge in [-0.15, -0.1) is 0 Å². The lowest BCUT2D eigenvalue weighted by Crippen LogP contribution is -2.02. The van der Waals surface area contributed by atoms with Crippen LogP contribution in [0.5, 0.6) is 0 Å². The van der Waals surface area contributed by atoms with Gasteiger partial charge in [-0.05, 0) is 30.7 Å². The van der Waals surface area contributed by atoms with Gasteiger partial charge >= 0.3 is 0 Å². The predicted molar refractivity (Wildman–Crippen MR) is 60.1 cm³/mol. The van der Waals surface area contributed by atoms with Crippen LogP contribution in [-0.2, 0) is 4.79 Å². The highest BCUT2D eigenvalue weighted by molar-refractivity contribution is 6.33. The first-order valence-corrected chi connectivity index (χ1v) is 5.14. The van der Waals surface area contributed by atoms with Crippen molar-refractivity contribution in [1.29, 1.82) is 5.26 Å². The molecule has 1 aromatic rings. The van der Waals surface area contributed by atoms with E-state index in [1.54, 1.807) is 18.2 Å². The van der Waals surface area contributed by atoms with Gasteiger partial charge in [0.2, 0.25) is 0 Å². The highest BCUT2D eigenvalue weighted by atomic mass is 35.5. The molecule has 0 N–H and O–H groups in total. The highest BCUT2D eigenvalue weighted by Crippen LogP contribution is 2.29. The number of rotatable bonds is 3. The molecule has 0 aliphatic rings. The molecule has 0 fully saturated rings. The second-order valence-electron chi connectivity index (χ2n) is 3.25. The Balaban J connectivity index is 3.07. The highest BCUT2D eigenvalue weighted by Gasteiger charge is 2.16. The summed E-state index contributed by atoms with van der Waals surface area (Å²) >= 11 is 11.7. The minimum Gasteiger partial charge on any atom is -0.300 e. The van der Waals surface area contributed by atoms with Gasteiger partial charge in [-0.1, -0.05) is 23.2 Å². The number of ketones is 1. The van der Waals surface area contributed by atoms with E-state index in [9.17, 15) is 4.79 Å². The first kappa shape index (κ1) is 12.0. The first-order valence-electron chi connectivity index (χ1n) is 4.38. The molecular formula is C11H9Cl2NO. The third kappa shape index (κ3) is 3.23. The van der Waals surface area contributed by atoms with Crippen molar-refractivity contribution < 1.29 is 4.79 Å². The van der Waals surface area contributed by atoms with E-state index in [4.69, 9.17) is 28.5 Å². The van der Waals surface area contributed by atoms with Gasteiger partial charge in [-0.25, -0.2) is 0 Å². The fourth-order valence-electron chi connectivity index (χ4n) is 1.29. The Morgan fingerprint density at radius 3 is 2.73 bits per heavy atom. The molecule has 1 atom stereocenters. The number of nitriles is 1. The van der Waals surface area contributed by atoms with E-state index in [-0.39, 0.29) is 12.2 Å². The Labute approximate surface area is 98.4 Å². The second-order valence-corrected chi connectivity index (χ2v) is 4.10. The summed E-state index contributed by atoms with van der Waals surface area (Å²) in [5.74, 6) is -0.564. The molecule has 4 heteroatoms. The molecule has 2 nitrogen and oxygen atoms in total. The molecule has 0 saturated heterocycles. The molecule has 0 heterocycles. The molecule has 1 aromatic carbocycles. The minimum absolute atomic E-state index is 0.0439. The third-order valence-corrected chi connectivity index (χ3v) is 2.56. The third-order valence-electron chi connectivity index (χ3n) is 1.98. The lowest BCUT2D eigenvalue weighted by atomic mass is 9.95. The number of Topliss-reactive ketones (excluding diaryl/α,β-unsaturated/α-hetero) is 1. The number of nitrogens with zero attached hydrogens (tertiary/aromatic N) is 1. The van der Waals surface area contributed by atoms with E-state index < -0.39 is 5.92 Å². The standard InChI is InChI=1S/C11H9Cl2NO/c1-7(15)4-8(6-14)10-5-9(12)2-3-11(10)13/h2-3,5,8H,4H2,1H3. The first-order chi connectivity index (χ1) is 7.04. The maximum absolute atomic E-state index is 11.0. The smallest absolute Gasteiger partial charge is 0.131 e. The summed E-state index contributed by atoms with van der Waals surface area (Å²) in [6, 6.07) is 6.96. The summed E-state index contributed by atoms with van der Waals surface area (Å²) in [6.07, 6.45) is 0.163. The molecule has 0 saturated carbocycles. The van der Waals surface area contributed by atoms with Gasteiger partial charge in [0, 0.05) is 16.5 Å². The fraction of sp³-hybridized carbons (Fsp3) is 0.273. The zero-order valence-corrected chi connectivity index (χ0v) is 9.64. The number of halogens is 2. The van der Waals surface area contributed by atoms with E-state index in [0.717, 1.165) is 0 Å². The van der Waals surface area contributed by atoms with Crippen LogP contribution in [0.2, 0.25) is 10.0 Å². The van der Waals surface area contributed by atoms with E-state index in [1.165, 1.54) is 6.92 Å². The molecule has 0 amide bonds. The van der Waals surface area contributed by atoms with Gasteiger partial charge in [0.05, 0.1) is 12.0 Å². The molecule has 0 aliphatic carbocycles. The number of hydrogen-bond acceptors (Lipinski definition) is 2.